The van der Waals surface area contributed by atoms with E-state index in [1.165, 1.54) is 19.3 Å². The van der Waals surface area contributed by atoms with Crippen LogP contribution in [-0.4, -0.2) is 50.5 Å². The zero-order valence-corrected chi connectivity index (χ0v) is 18.2. The van der Waals surface area contributed by atoms with E-state index >= 15 is 0 Å². The summed E-state index contributed by atoms with van der Waals surface area (Å²) in [7, 11) is 1.91. The van der Waals surface area contributed by atoms with E-state index < -0.39 is 0 Å². The van der Waals surface area contributed by atoms with Crippen molar-refractivity contribution in [3.05, 3.63) is 48.0 Å². The second-order valence-corrected chi connectivity index (χ2v) is 8.82. The highest BCUT2D eigenvalue weighted by molar-refractivity contribution is 5.85. The molecule has 2 aliphatic heterocycles. The number of hydrogen-bond acceptors (Lipinski definition) is 5. The molecule has 7 heteroatoms. The fourth-order valence-corrected chi connectivity index (χ4v) is 4.97. The fraction of sp³-hybridized carbons (Fsp3) is 0.500. The van der Waals surface area contributed by atoms with Gasteiger partial charge in [-0.2, -0.15) is 0 Å². The molecule has 2 aliphatic rings. The Bertz CT molecular complexity index is 1060. The lowest BCUT2D eigenvalue weighted by atomic mass is 9.96. The van der Waals surface area contributed by atoms with Crippen LogP contribution in [0.3, 0.4) is 0 Å². The van der Waals surface area contributed by atoms with E-state index in [2.05, 4.69) is 31.6 Å². The number of carbonyl (C=O) groups excluding carboxylic acids is 1. The molecule has 162 valence electrons. The van der Waals surface area contributed by atoms with Crippen LogP contribution in [-0.2, 0) is 24.3 Å². The lowest BCUT2D eigenvalue weighted by Gasteiger charge is -2.34. The van der Waals surface area contributed by atoms with Crippen LogP contribution >= 0.6 is 0 Å². The van der Waals surface area contributed by atoms with Gasteiger partial charge in [0, 0.05) is 39.6 Å². The van der Waals surface area contributed by atoms with Gasteiger partial charge >= 0.3 is 0 Å². The fourth-order valence-electron chi connectivity index (χ4n) is 4.97. The van der Waals surface area contributed by atoms with Crippen LogP contribution in [0.15, 0.2) is 36.7 Å². The molecular weight excluding hydrogens is 388 g/mol. The van der Waals surface area contributed by atoms with Gasteiger partial charge in [-0.25, -0.2) is 15.0 Å². The van der Waals surface area contributed by atoms with Crippen LogP contribution in [0.5, 0.6) is 0 Å². The standard InChI is InChI=1S/C24H30N6O/c1-28(15-18-9-4-2-5-10-18)24(31)19-11-8-13-29(16-19)22-21-23(26-17-25-22)30-14-7-3-6-12-20(30)27-21/h2,4-5,9-10,17,19H,3,6-8,11-16H2,1H3/t19-/m0/s1. The molecule has 1 atom stereocenters. The molecule has 1 saturated heterocycles. The molecule has 7 nitrogen and oxygen atoms in total. The summed E-state index contributed by atoms with van der Waals surface area (Å²) < 4.78 is 2.27. The number of aryl methyl sites for hydroxylation is 2. The van der Waals surface area contributed by atoms with Gasteiger partial charge in [0.05, 0.1) is 5.92 Å². The second-order valence-electron chi connectivity index (χ2n) is 8.82. The minimum atomic E-state index is -0.0204. The Morgan fingerprint density at radius 3 is 2.84 bits per heavy atom. The molecule has 31 heavy (non-hydrogen) atoms. The number of piperidine rings is 1. The molecule has 0 aliphatic carbocycles. The summed E-state index contributed by atoms with van der Waals surface area (Å²) in [5.41, 5.74) is 2.99. The number of rotatable bonds is 4. The maximum atomic E-state index is 13.2. The maximum Gasteiger partial charge on any atom is 0.227 e. The van der Waals surface area contributed by atoms with E-state index in [1.54, 1.807) is 6.33 Å². The molecular formula is C24H30N6O. The summed E-state index contributed by atoms with van der Waals surface area (Å²) in [5.74, 6) is 2.20. The quantitative estimate of drug-likeness (QED) is 0.649. The van der Waals surface area contributed by atoms with Gasteiger partial charge in [0.25, 0.3) is 0 Å². The number of nitrogens with zero attached hydrogens (tertiary/aromatic N) is 6. The molecule has 1 fully saturated rings. The van der Waals surface area contributed by atoms with Gasteiger partial charge in [0.2, 0.25) is 5.91 Å². The Labute approximate surface area is 183 Å². The molecule has 0 unspecified atom stereocenters. The summed E-state index contributed by atoms with van der Waals surface area (Å²) in [6.45, 7) is 3.21. The summed E-state index contributed by atoms with van der Waals surface area (Å²) >= 11 is 0. The van der Waals surface area contributed by atoms with Crippen LogP contribution in [0.25, 0.3) is 11.2 Å². The van der Waals surface area contributed by atoms with Crippen molar-refractivity contribution in [3.63, 3.8) is 0 Å². The number of carbonyl (C=O) groups is 1. The topological polar surface area (TPSA) is 67.2 Å². The van der Waals surface area contributed by atoms with Crippen molar-refractivity contribution in [3.8, 4) is 0 Å². The third-order valence-corrected chi connectivity index (χ3v) is 6.58. The first-order chi connectivity index (χ1) is 15.2. The highest BCUT2D eigenvalue weighted by Gasteiger charge is 2.30. The van der Waals surface area contributed by atoms with E-state index in [4.69, 9.17) is 4.98 Å². The van der Waals surface area contributed by atoms with Gasteiger partial charge in [0.15, 0.2) is 17.0 Å². The average molecular weight is 419 g/mol. The number of benzene rings is 1. The maximum absolute atomic E-state index is 13.2. The van der Waals surface area contributed by atoms with Crippen molar-refractivity contribution in [1.82, 2.24) is 24.4 Å². The largest absolute Gasteiger partial charge is 0.354 e. The molecule has 5 rings (SSSR count). The van der Waals surface area contributed by atoms with Crippen LogP contribution in [0.2, 0.25) is 0 Å². The number of anilines is 1. The molecule has 0 N–H and O–H groups in total. The Morgan fingerprint density at radius 2 is 1.97 bits per heavy atom. The molecule has 0 radical (unpaired) electrons. The molecule has 1 amide bonds. The predicted molar refractivity (Wildman–Crippen MR) is 121 cm³/mol. The monoisotopic (exact) mass is 418 g/mol. The Morgan fingerprint density at radius 1 is 1.10 bits per heavy atom. The van der Waals surface area contributed by atoms with Crippen LogP contribution in [0, 0.1) is 5.92 Å². The number of imidazole rings is 1. The van der Waals surface area contributed by atoms with E-state index in [9.17, 15) is 4.79 Å². The van der Waals surface area contributed by atoms with Gasteiger partial charge in [-0.1, -0.05) is 36.8 Å². The van der Waals surface area contributed by atoms with Crippen LogP contribution in [0.4, 0.5) is 5.82 Å². The lowest BCUT2D eigenvalue weighted by molar-refractivity contribution is -0.135. The van der Waals surface area contributed by atoms with Gasteiger partial charge in [-0.3, -0.25) is 4.79 Å². The minimum absolute atomic E-state index is 0.0204. The van der Waals surface area contributed by atoms with Crippen molar-refractivity contribution in [2.24, 2.45) is 5.92 Å². The normalized spacial score (nSPS) is 19.1. The first-order valence-corrected chi connectivity index (χ1v) is 11.4. The Hall–Kier alpha value is -2.96. The van der Waals surface area contributed by atoms with Crippen LogP contribution in [0.1, 0.15) is 43.5 Å². The van der Waals surface area contributed by atoms with Gasteiger partial charge in [-0.05, 0) is 31.2 Å². The summed E-state index contributed by atoms with van der Waals surface area (Å²) in [6, 6.07) is 10.2. The van der Waals surface area contributed by atoms with Crippen molar-refractivity contribution in [2.75, 3.05) is 25.0 Å². The molecule has 1 aromatic carbocycles. The molecule has 3 aromatic rings. The number of aromatic nitrogens is 4. The average Bonchev–Trinajstić information content (AvgIpc) is 3.00. The van der Waals surface area contributed by atoms with E-state index in [0.29, 0.717) is 13.1 Å². The van der Waals surface area contributed by atoms with Crippen molar-refractivity contribution in [1.29, 1.82) is 0 Å². The van der Waals surface area contributed by atoms with Crippen LogP contribution < -0.4 is 4.90 Å². The molecule has 0 saturated carbocycles. The highest BCUT2D eigenvalue weighted by Crippen LogP contribution is 2.30. The number of amides is 1. The van der Waals surface area contributed by atoms with Gasteiger partial charge in [0.1, 0.15) is 12.2 Å². The third-order valence-electron chi connectivity index (χ3n) is 6.58. The minimum Gasteiger partial charge on any atom is -0.354 e. The first-order valence-electron chi connectivity index (χ1n) is 11.4. The summed E-state index contributed by atoms with van der Waals surface area (Å²) in [6.07, 6.45) is 8.16. The van der Waals surface area contributed by atoms with Crippen molar-refractivity contribution in [2.45, 2.75) is 51.6 Å². The molecule has 0 spiro atoms. The Balaban J connectivity index is 1.35. The summed E-state index contributed by atoms with van der Waals surface area (Å²) in [5, 5.41) is 0. The second kappa shape index (κ2) is 8.65. The molecule has 0 bridgehead atoms. The zero-order valence-electron chi connectivity index (χ0n) is 18.2. The van der Waals surface area contributed by atoms with E-state index in [0.717, 1.165) is 60.7 Å². The molecule has 4 heterocycles. The van der Waals surface area contributed by atoms with Crippen molar-refractivity contribution < 1.29 is 4.79 Å². The van der Waals surface area contributed by atoms with Gasteiger partial charge < -0.3 is 14.4 Å². The molecule has 2 aromatic heterocycles. The van der Waals surface area contributed by atoms with Gasteiger partial charge in [-0.15, -0.1) is 0 Å². The van der Waals surface area contributed by atoms with E-state index in [-0.39, 0.29) is 11.8 Å². The third kappa shape index (κ3) is 4.01. The zero-order chi connectivity index (χ0) is 21.2. The Kier molecular flexibility index (Phi) is 5.57. The number of hydrogen-bond donors (Lipinski definition) is 0. The first kappa shape index (κ1) is 20.0. The predicted octanol–water partition coefficient (Wildman–Crippen LogP) is 3.43. The lowest BCUT2D eigenvalue weighted by Crippen LogP contribution is -2.44. The van der Waals surface area contributed by atoms with Crippen molar-refractivity contribution >= 4 is 22.9 Å². The number of fused-ring (bicyclic) bond motifs is 3. The van der Waals surface area contributed by atoms with E-state index in [1.807, 2.05) is 30.1 Å². The smallest absolute Gasteiger partial charge is 0.227 e. The highest BCUT2D eigenvalue weighted by atomic mass is 16.2. The summed E-state index contributed by atoms with van der Waals surface area (Å²) in [4.78, 5) is 31.4. The SMILES string of the molecule is CN(Cc1ccccc1)C(=O)[C@H]1CCCN(c2ncnc3c2nc2n3CCCCC2)C1.